The third-order valence-electron chi connectivity index (χ3n) is 4.06. The van der Waals surface area contributed by atoms with Crippen molar-refractivity contribution >= 4 is 35.2 Å². The Morgan fingerprint density at radius 1 is 1.39 bits per heavy atom. The van der Waals surface area contributed by atoms with Crippen molar-refractivity contribution in [2.24, 2.45) is 0 Å². The SMILES string of the molecule is Cc1cc(NC(=O)CSc2nnc(COc3ccccc3Cl)n2C2CC2)on1. The lowest BCUT2D eigenvalue weighted by Crippen LogP contribution is -2.14. The summed E-state index contributed by atoms with van der Waals surface area (Å²) in [7, 11) is 0. The molecule has 0 saturated heterocycles. The number of anilines is 1. The van der Waals surface area contributed by atoms with Crippen LogP contribution in [0.1, 0.15) is 30.4 Å². The number of ether oxygens (including phenoxy) is 1. The Morgan fingerprint density at radius 2 is 2.21 bits per heavy atom. The first kappa shape index (κ1) is 18.8. The Kier molecular flexibility index (Phi) is 5.54. The molecule has 0 bridgehead atoms. The van der Waals surface area contributed by atoms with E-state index in [1.54, 1.807) is 19.1 Å². The predicted molar refractivity (Wildman–Crippen MR) is 105 cm³/mol. The summed E-state index contributed by atoms with van der Waals surface area (Å²) in [5, 5.41) is 16.2. The zero-order chi connectivity index (χ0) is 19.5. The van der Waals surface area contributed by atoms with Gasteiger partial charge in [-0.05, 0) is 31.9 Å². The van der Waals surface area contributed by atoms with Crippen LogP contribution < -0.4 is 10.1 Å². The van der Waals surface area contributed by atoms with E-state index in [1.807, 2.05) is 22.8 Å². The summed E-state index contributed by atoms with van der Waals surface area (Å²) in [6.07, 6.45) is 2.13. The van der Waals surface area contributed by atoms with Gasteiger partial charge in [-0.3, -0.25) is 14.7 Å². The Labute approximate surface area is 170 Å². The molecule has 1 amide bonds. The van der Waals surface area contributed by atoms with Crippen LogP contribution in [0.25, 0.3) is 0 Å². The molecule has 8 nitrogen and oxygen atoms in total. The highest BCUT2D eigenvalue weighted by Crippen LogP contribution is 2.39. The second-order valence-corrected chi connectivity index (χ2v) is 7.74. The van der Waals surface area contributed by atoms with Crippen LogP contribution in [0.2, 0.25) is 5.02 Å². The van der Waals surface area contributed by atoms with Crippen molar-refractivity contribution in [3.05, 3.63) is 46.9 Å². The number of thioether (sulfide) groups is 1. The number of amides is 1. The van der Waals surface area contributed by atoms with Gasteiger partial charge in [0.2, 0.25) is 11.8 Å². The summed E-state index contributed by atoms with van der Waals surface area (Å²) in [5.74, 6) is 1.65. The number of hydrogen-bond acceptors (Lipinski definition) is 7. The number of hydrogen-bond donors (Lipinski definition) is 1. The van der Waals surface area contributed by atoms with Crippen LogP contribution in [-0.4, -0.2) is 31.6 Å². The van der Waals surface area contributed by atoms with Crippen molar-refractivity contribution in [1.82, 2.24) is 19.9 Å². The Morgan fingerprint density at radius 3 is 2.93 bits per heavy atom. The number of aromatic nitrogens is 4. The van der Waals surface area contributed by atoms with Gasteiger partial charge in [0, 0.05) is 12.1 Å². The van der Waals surface area contributed by atoms with Gasteiger partial charge in [-0.2, -0.15) is 0 Å². The van der Waals surface area contributed by atoms with E-state index in [2.05, 4.69) is 20.7 Å². The fourth-order valence-electron chi connectivity index (χ4n) is 2.63. The highest BCUT2D eigenvalue weighted by molar-refractivity contribution is 7.99. The van der Waals surface area contributed by atoms with Gasteiger partial charge >= 0.3 is 0 Å². The minimum atomic E-state index is -0.194. The Balaban J connectivity index is 1.39. The maximum Gasteiger partial charge on any atom is 0.237 e. The maximum absolute atomic E-state index is 12.1. The molecule has 1 saturated carbocycles. The van der Waals surface area contributed by atoms with Gasteiger partial charge in [-0.1, -0.05) is 40.7 Å². The standard InChI is InChI=1S/C18H18ClN5O3S/c1-11-8-17(27-23-11)20-16(25)10-28-18-22-21-15(24(18)12-6-7-12)9-26-14-5-3-2-4-13(14)19/h2-5,8,12H,6-7,9-10H2,1H3,(H,20,25). The lowest BCUT2D eigenvalue weighted by molar-refractivity contribution is -0.113. The summed E-state index contributed by atoms with van der Waals surface area (Å²) >= 11 is 7.46. The molecule has 0 spiro atoms. The molecule has 1 fully saturated rings. The van der Waals surface area contributed by atoms with Crippen molar-refractivity contribution in [2.45, 2.75) is 37.6 Å². The van der Waals surface area contributed by atoms with Gasteiger partial charge in [-0.15, -0.1) is 10.2 Å². The molecule has 2 aromatic heterocycles. The molecule has 0 aliphatic heterocycles. The molecular weight excluding hydrogens is 402 g/mol. The van der Waals surface area contributed by atoms with Crippen molar-refractivity contribution < 1.29 is 14.1 Å². The van der Waals surface area contributed by atoms with Gasteiger partial charge in [0.1, 0.15) is 12.4 Å². The molecule has 2 heterocycles. The fraction of sp³-hybridized carbons (Fsp3) is 0.333. The van der Waals surface area contributed by atoms with Crippen molar-refractivity contribution in [2.75, 3.05) is 11.1 Å². The molecule has 0 radical (unpaired) electrons. The number of benzene rings is 1. The number of carbonyl (C=O) groups is 1. The number of carbonyl (C=O) groups excluding carboxylic acids is 1. The van der Waals surface area contributed by atoms with Crippen LogP contribution >= 0.6 is 23.4 Å². The minimum Gasteiger partial charge on any atom is -0.484 e. The minimum absolute atomic E-state index is 0.190. The first-order valence-electron chi connectivity index (χ1n) is 8.77. The number of nitrogens with one attached hydrogen (secondary N) is 1. The zero-order valence-corrected chi connectivity index (χ0v) is 16.7. The summed E-state index contributed by atoms with van der Waals surface area (Å²) in [4.78, 5) is 12.1. The quantitative estimate of drug-likeness (QED) is 0.553. The van der Waals surface area contributed by atoms with Crippen LogP contribution in [-0.2, 0) is 11.4 Å². The average molecular weight is 420 g/mol. The van der Waals surface area contributed by atoms with Crippen molar-refractivity contribution in [3.63, 3.8) is 0 Å². The van der Waals surface area contributed by atoms with Crippen LogP contribution in [0.4, 0.5) is 5.88 Å². The normalized spacial score (nSPS) is 13.5. The number of rotatable bonds is 8. The molecule has 1 aliphatic rings. The average Bonchev–Trinajstić information content (AvgIpc) is 3.31. The largest absolute Gasteiger partial charge is 0.484 e. The van der Waals surface area contributed by atoms with Crippen molar-refractivity contribution in [1.29, 1.82) is 0 Å². The van der Waals surface area contributed by atoms with E-state index in [-0.39, 0.29) is 18.3 Å². The number of para-hydroxylation sites is 1. The Bertz CT molecular complexity index is 985. The summed E-state index contributed by atoms with van der Waals surface area (Å²) in [6.45, 7) is 2.05. The van der Waals surface area contributed by atoms with Gasteiger partial charge < -0.3 is 9.26 Å². The van der Waals surface area contributed by atoms with E-state index < -0.39 is 0 Å². The highest BCUT2D eigenvalue weighted by Gasteiger charge is 2.30. The smallest absolute Gasteiger partial charge is 0.237 e. The third kappa shape index (κ3) is 4.48. The molecule has 0 unspecified atom stereocenters. The van der Waals surface area contributed by atoms with Gasteiger partial charge in [0.05, 0.1) is 16.5 Å². The molecule has 3 aromatic rings. The second-order valence-electron chi connectivity index (χ2n) is 6.39. The van der Waals surface area contributed by atoms with E-state index in [0.29, 0.717) is 33.5 Å². The van der Waals surface area contributed by atoms with Crippen LogP contribution in [0.5, 0.6) is 5.75 Å². The van der Waals surface area contributed by atoms with E-state index >= 15 is 0 Å². The molecule has 10 heteroatoms. The Hall–Kier alpha value is -2.52. The molecule has 1 N–H and O–H groups in total. The summed E-state index contributed by atoms with van der Waals surface area (Å²) < 4.78 is 12.8. The fourth-order valence-corrected chi connectivity index (χ4v) is 3.65. The molecule has 146 valence electrons. The zero-order valence-electron chi connectivity index (χ0n) is 15.1. The number of aryl methyl sites for hydroxylation is 1. The monoisotopic (exact) mass is 419 g/mol. The molecule has 1 aliphatic carbocycles. The van der Waals surface area contributed by atoms with E-state index in [1.165, 1.54) is 11.8 Å². The number of nitrogens with zero attached hydrogens (tertiary/aromatic N) is 4. The molecule has 0 atom stereocenters. The molecule has 1 aromatic carbocycles. The first-order valence-corrected chi connectivity index (χ1v) is 10.1. The van der Waals surface area contributed by atoms with Crippen LogP contribution in [0.3, 0.4) is 0 Å². The maximum atomic E-state index is 12.1. The third-order valence-corrected chi connectivity index (χ3v) is 5.32. The lowest BCUT2D eigenvalue weighted by Gasteiger charge is -2.10. The second kappa shape index (κ2) is 8.24. The molecule has 28 heavy (non-hydrogen) atoms. The van der Waals surface area contributed by atoms with Gasteiger partial charge in [0.25, 0.3) is 0 Å². The lowest BCUT2D eigenvalue weighted by atomic mass is 10.3. The van der Waals surface area contributed by atoms with E-state index in [9.17, 15) is 4.79 Å². The summed E-state index contributed by atoms with van der Waals surface area (Å²) in [5.41, 5.74) is 0.708. The van der Waals surface area contributed by atoms with Crippen LogP contribution in [0, 0.1) is 6.92 Å². The van der Waals surface area contributed by atoms with Crippen LogP contribution in [0.15, 0.2) is 40.0 Å². The van der Waals surface area contributed by atoms with Gasteiger partial charge in [-0.25, -0.2) is 0 Å². The van der Waals surface area contributed by atoms with Crippen molar-refractivity contribution in [3.8, 4) is 5.75 Å². The van der Waals surface area contributed by atoms with Gasteiger partial charge in [0.15, 0.2) is 11.0 Å². The highest BCUT2D eigenvalue weighted by atomic mass is 35.5. The van der Waals surface area contributed by atoms with E-state index in [0.717, 1.165) is 18.7 Å². The topological polar surface area (TPSA) is 95.1 Å². The molecular formula is C18H18ClN5O3S. The number of halogens is 1. The predicted octanol–water partition coefficient (Wildman–Crippen LogP) is 3.87. The molecule has 4 rings (SSSR count). The first-order chi connectivity index (χ1) is 13.6. The summed E-state index contributed by atoms with van der Waals surface area (Å²) in [6, 6.07) is 9.32. The van der Waals surface area contributed by atoms with E-state index in [4.69, 9.17) is 20.9 Å².